The van der Waals surface area contributed by atoms with Crippen molar-refractivity contribution in [3.8, 4) is 67.3 Å². The van der Waals surface area contributed by atoms with E-state index in [4.69, 9.17) is 4.42 Å². The third-order valence-corrected chi connectivity index (χ3v) is 22.6. The van der Waals surface area contributed by atoms with Crippen molar-refractivity contribution in [2.24, 2.45) is 0 Å². The molecule has 0 radical (unpaired) electrons. The molecule has 7 aliphatic rings. The first-order valence-electron chi connectivity index (χ1n) is 31.0. The molecular weight excluding hydrogens is 1040 g/mol. The van der Waals surface area contributed by atoms with E-state index in [0.29, 0.717) is 0 Å². The van der Waals surface area contributed by atoms with Crippen LogP contribution >= 0.6 is 0 Å². The Bertz CT molecular complexity index is 5880. The summed E-state index contributed by atoms with van der Waals surface area (Å²) in [7, 11) is 0. The van der Waals surface area contributed by atoms with Gasteiger partial charge in [0, 0.05) is 110 Å². The molecule has 0 atom stereocenters. The van der Waals surface area contributed by atoms with Gasteiger partial charge in [-0.05, 0) is 127 Å². The second-order valence-electron chi connectivity index (χ2n) is 27.9. The number of hydrogen-bond donors (Lipinski definition) is 0. The molecule has 5 aromatic heterocycles. The fourth-order valence-electron chi connectivity index (χ4n) is 19.5. The Hall–Kier alpha value is -9.71. The smallest absolute Gasteiger partial charge is 0.333 e. The van der Waals surface area contributed by atoms with Gasteiger partial charge in [0.15, 0.2) is 5.58 Å². The minimum Gasteiger partial charge on any atom is -0.454 e. The maximum atomic E-state index is 6.83. The molecule has 9 heterocycles. The zero-order valence-electron chi connectivity index (χ0n) is 49.0. The molecule has 86 heavy (non-hydrogen) atoms. The Morgan fingerprint density at radius 3 is 1.66 bits per heavy atom. The lowest BCUT2D eigenvalue weighted by Gasteiger charge is -2.36. The summed E-state index contributed by atoms with van der Waals surface area (Å²) >= 11 is 0. The molecule has 0 unspecified atom stereocenters. The SMILES string of the molecule is Cc1cc2c3c(c1)-n1c4c(cccc4c4oc5ccccc5c41)B3n1c3c(c4cccc-2c41)C(C)(C)c1cc(Cc2cc4c5c(c2)-n2c6c(c7cccc(c72)B5n2c5c(c7cccc-4c72)C(C)(C)c2ccccc2-5)-c2ccccc2C6(C)C)ccc1-3. The molecule has 15 aromatic rings. The average molecular weight is 1100 g/mol. The molecule has 4 aliphatic heterocycles. The molecular formula is C79H54B2N4O. The van der Waals surface area contributed by atoms with Crippen LogP contribution in [0.25, 0.3) is 133 Å². The predicted molar refractivity (Wildman–Crippen MR) is 357 cm³/mol. The summed E-state index contributed by atoms with van der Waals surface area (Å²) in [5, 5.41) is 6.42. The molecule has 0 spiro atoms. The summed E-state index contributed by atoms with van der Waals surface area (Å²) in [5.41, 5.74) is 41.9. The van der Waals surface area contributed by atoms with Crippen molar-refractivity contribution in [1.29, 1.82) is 0 Å². The molecule has 7 heteroatoms. The number of para-hydroxylation sites is 5. The van der Waals surface area contributed by atoms with Crippen LogP contribution in [0.15, 0.2) is 192 Å². The van der Waals surface area contributed by atoms with E-state index >= 15 is 0 Å². The molecule has 0 saturated carbocycles. The van der Waals surface area contributed by atoms with E-state index in [-0.39, 0.29) is 29.9 Å². The van der Waals surface area contributed by atoms with E-state index in [1.807, 2.05) is 0 Å². The fourth-order valence-corrected chi connectivity index (χ4v) is 19.5. The maximum absolute atomic E-state index is 6.83. The van der Waals surface area contributed by atoms with E-state index < -0.39 is 0 Å². The minimum absolute atomic E-state index is 0.00683. The van der Waals surface area contributed by atoms with Crippen molar-refractivity contribution in [2.75, 3.05) is 0 Å². The zero-order valence-corrected chi connectivity index (χ0v) is 49.0. The van der Waals surface area contributed by atoms with Gasteiger partial charge in [0.25, 0.3) is 0 Å². The second-order valence-corrected chi connectivity index (χ2v) is 27.9. The second kappa shape index (κ2) is 14.3. The number of hydrogen-bond acceptors (Lipinski definition) is 1. The molecule has 10 aromatic carbocycles. The molecule has 0 amide bonds. The number of benzene rings is 10. The lowest BCUT2D eigenvalue weighted by molar-refractivity contribution is 0.624. The highest BCUT2D eigenvalue weighted by Gasteiger charge is 2.52. The average Bonchev–Trinajstić information content (AvgIpc) is 1.47. The number of furan rings is 1. The van der Waals surface area contributed by atoms with E-state index in [0.717, 1.165) is 28.5 Å². The number of rotatable bonds is 2. The Kier molecular flexibility index (Phi) is 7.61. The highest BCUT2D eigenvalue weighted by Crippen LogP contribution is 2.60. The largest absolute Gasteiger partial charge is 0.454 e. The van der Waals surface area contributed by atoms with Crippen LogP contribution in [-0.2, 0) is 22.7 Å². The Morgan fingerprint density at radius 2 is 0.942 bits per heavy atom. The Balaban J connectivity index is 0.769. The Labute approximate surface area is 497 Å². The molecule has 0 bridgehead atoms. The lowest BCUT2D eigenvalue weighted by Crippen LogP contribution is -2.56. The van der Waals surface area contributed by atoms with Crippen LogP contribution in [0.1, 0.15) is 91.7 Å². The molecule has 3 aliphatic carbocycles. The van der Waals surface area contributed by atoms with Crippen LogP contribution in [-0.4, -0.2) is 31.8 Å². The number of fused-ring (bicyclic) bond motifs is 28. The van der Waals surface area contributed by atoms with Crippen LogP contribution in [0.4, 0.5) is 0 Å². The normalized spacial score (nSPS) is 16.1. The van der Waals surface area contributed by atoms with Gasteiger partial charge in [-0.25, -0.2) is 0 Å². The summed E-state index contributed by atoms with van der Waals surface area (Å²) in [4.78, 5) is 0. The van der Waals surface area contributed by atoms with Crippen molar-refractivity contribution in [1.82, 2.24) is 18.1 Å². The molecule has 22 rings (SSSR count). The predicted octanol–water partition coefficient (Wildman–Crippen LogP) is 16.1. The molecule has 0 N–H and O–H groups in total. The van der Waals surface area contributed by atoms with Crippen molar-refractivity contribution in [3.63, 3.8) is 0 Å². The summed E-state index contributed by atoms with van der Waals surface area (Å²) < 4.78 is 17.7. The van der Waals surface area contributed by atoms with Crippen molar-refractivity contribution >= 4 is 101 Å². The highest BCUT2D eigenvalue weighted by atomic mass is 16.3. The van der Waals surface area contributed by atoms with Crippen molar-refractivity contribution in [2.45, 2.75) is 71.1 Å². The van der Waals surface area contributed by atoms with Gasteiger partial charge in [-0.2, -0.15) is 0 Å². The fraction of sp³-hybridized carbons (Fsp3) is 0.139. The van der Waals surface area contributed by atoms with Crippen molar-refractivity contribution in [3.05, 3.63) is 238 Å². The first kappa shape index (κ1) is 45.7. The van der Waals surface area contributed by atoms with Crippen LogP contribution in [0.3, 0.4) is 0 Å². The quantitative estimate of drug-likeness (QED) is 0.159. The summed E-state index contributed by atoms with van der Waals surface area (Å²) in [6.45, 7) is 17.1. The zero-order chi connectivity index (χ0) is 56.7. The highest BCUT2D eigenvalue weighted by molar-refractivity contribution is 6.90. The standard InChI is InChI=1S/C79H54B2N4O/c1-40-34-53-43-21-14-25-51-65-73(85(68(43)51)81-59-30-17-26-52-71(59)82(60(35-40)66(53)81)74-48-20-10-13-31-62(48)86-75(52)74)47-33-32-41(38-57(47)78(65,4)5)36-42-37-54-44-22-15-24-50-64-72(46-19-9-12-28-56(46)77(64,2)3)84(69(44)50)80-58-29-16-23-49-63-45-18-8-11-27-55(45)79(6,7)76(63)83(70(49)58)61(39-42)67(54)80/h8-35,37-39H,36H2,1-7H3. The van der Waals surface area contributed by atoms with Gasteiger partial charge in [-0.3, -0.25) is 0 Å². The first-order valence-corrected chi connectivity index (χ1v) is 31.0. The monoisotopic (exact) mass is 1100 g/mol. The number of nitrogens with zero attached hydrogens (tertiary/aromatic N) is 4. The van der Waals surface area contributed by atoms with Crippen LogP contribution < -0.4 is 21.9 Å². The third-order valence-electron chi connectivity index (χ3n) is 22.6. The van der Waals surface area contributed by atoms with Gasteiger partial charge in [0.05, 0.1) is 11.0 Å². The van der Waals surface area contributed by atoms with Crippen LogP contribution in [0.2, 0.25) is 0 Å². The molecule has 402 valence electrons. The summed E-state index contributed by atoms with van der Waals surface area (Å²) in [6.07, 6.45) is 0.808. The van der Waals surface area contributed by atoms with Gasteiger partial charge in [0.1, 0.15) is 11.1 Å². The first-order chi connectivity index (χ1) is 41.9. The Morgan fingerprint density at radius 1 is 0.395 bits per heavy atom. The van der Waals surface area contributed by atoms with Gasteiger partial charge in [-0.15, -0.1) is 0 Å². The van der Waals surface area contributed by atoms with Gasteiger partial charge in [0.2, 0.25) is 0 Å². The number of aromatic nitrogens is 4. The molecule has 0 saturated heterocycles. The van der Waals surface area contributed by atoms with Gasteiger partial charge < -0.3 is 22.5 Å². The van der Waals surface area contributed by atoms with E-state index in [1.165, 1.54) is 183 Å². The summed E-state index contributed by atoms with van der Waals surface area (Å²) in [5.74, 6) is 0. The van der Waals surface area contributed by atoms with Crippen LogP contribution in [0.5, 0.6) is 0 Å². The minimum atomic E-state index is -0.276. The van der Waals surface area contributed by atoms with Crippen LogP contribution in [0, 0.1) is 6.92 Å². The maximum Gasteiger partial charge on any atom is 0.333 e. The lowest BCUT2D eigenvalue weighted by atomic mass is 9.45. The van der Waals surface area contributed by atoms with Crippen molar-refractivity contribution < 1.29 is 4.42 Å². The third kappa shape index (κ3) is 4.80. The van der Waals surface area contributed by atoms with Gasteiger partial charge >= 0.3 is 13.7 Å². The topological polar surface area (TPSA) is 32.9 Å². The summed E-state index contributed by atoms with van der Waals surface area (Å²) in [6, 6.07) is 73.2. The van der Waals surface area contributed by atoms with E-state index in [2.05, 4.69) is 255 Å². The van der Waals surface area contributed by atoms with Gasteiger partial charge in [-0.1, -0.05) is 199 Å². The van der Waals surface area contributed by atoms with E-state index in [1.54, 1.807) is 0 Å². The molecule has 0 fully saturated rings. The van der Waals surface area contributed by atoms with E-state index in [9.17, 15) is 0 Å². The molecule has 5 nitrogen and oxygen atoms in total. The number of aryl methyl sites for hydroxylation is 1.